The van der Waals surface area contributed by atoms with Gasteiger partial charge in [0.25, 0.3) is 0 Å². The number of hydrogen-bond donors (Lipinski definition) is 2. The number of aromatic hydroxyl groups is 1. The number of carbonyl (C=O) groups is 2. The summed E-state index contributed by atoms with van der Waals surface area (Å²) in [5.74, 6) is -1.33. The fraction of sp³-hybridized carbons (Fsp3) is 0.429. The molecule has 2 N–H and O–H groups in total. The molecule has 108 valence electrons. The molecule has 6 nitrogen and oxygen atoms in total. The van der Waals surface area contributed by atoms with Gasteiger partial charge in [0.15, 0.2) is 0 Å². The zero-order chi connectivity index (χ0) is 14.7. The van der Waals surface area contributed by atoms with Gasteiger partial charge in [0, 0.05) is 12.2 Å². The van der Waals surface area contributed by atoms with E-state index in [1.54, 1.807) is 12.1 Å². The maximum absolute atomic E-state index is 12.5. The number of hydrogen-bond acceptors (Lipinski definition) is 4. The molecule has 1 atom stereocenters. The van der Waals surface area contributed by atoms with Crippen LogP contribution in [-0.2, 0) is 9.59 Å². The Balaban J connectivity index is 2.20. The first-order valence-corrected chi connectivity index (χ1v) is 6.48. The maximum atomic E-state index is 12.5. The normalized spacial score (nSPS) is 18.9. The van der Waals surface area contributed by atoms with Crippen molar-refractivity contribution in [1.82, 2.24) is 4.90 Å². The van der Waals surface area contributed by atoms with Crippen LogP contribution in [0.3, 0.4) is 0 Å². The molecule has 1 amide bonds. The summed E-state index contributed by atoms with van der Waals surface area (Å²) in [4.78, 5) is 26.8. The number of anilines is 1. The Kier molecular flexibility index (Phi) is 4.24. The molecule has 1 unspecified atom stereocenters. The van der Waals surface area contributed by atoms with Crippen LogP contribution in [0.5, 0.6) is 5.75 Å². The van der Waals surface area contributed by atoms with Gasteiger partial charge in [-0.3, -0.25) is 9.59 Å². The largest absolute Gasteiger partial charge is 0.508 e. The van der Waals surface area contributed by atoms with Gasteiger partial charge in [0.1, 0.15) is 12.3 Å². The standard InChI is InChI=1S/C14H18N2O4/c1-15-7-6-10(8-15)14(20)16(9-13(18)19)11-2-4-12(17)5-3-11/h2-5,10,17H,6-9H2,1H3,(H,18,19). The second kappa shape index (κ2) is 5.92. The highest BCUT2D eigenvalue weighted by Gasteiger charge is 2.31. The third kappa shape index (κ3) is 3.27. The van der Waals surface area contributed by atoms with Gasteiger partial charge in [0.2, 0.25) is 5.91 Å². The number of nitrogens with zero attached hydrogens (tertiary/aromatic N) is 2. The number of likely N-dealkylation sites (tertiary alicyclic amines) is 1. The molecule has 0 radical (unpaired) electrons. The number of carboxylic acids is 1. The molecule has 2 rings (SSSR count). The molecule has 1 aliphatic heterocycles. The first kappa shape index (κ1) is 14.3. The van der Waals surface area contributed by atoms with Crippen molar-refractivity contribution < 1.29 is 19.8 Å². The van der Waals surface area contributed by atoms with E-state index in [2.05, 4.69) is 4.90 Å². The van der Waals surface area contributed by atoms with Crippen LogP contribution in [0.15, 0.2) is 24.3 Å². The Labute approximate surface area is 117 Å². The zero-order valence-electron chi connectivity index (χ0n) is 11.3. The van der Waals surface area contributed by atoms with E-state index in [9.17, 15) is 14.7 Å². The summed E-state index contributed by atoms with van der Waals surface area (Å²) in [6, 6.07) is 5.99. The minimum atomic E-state index is -1.06. The SMILES string of the molecule is CN1CCC(C(=O)N(CC(=O)O)c2ccc(O)cc2)C1. The van der Waals surface area contributed by atoms with Gasteiger partial charge in [-0.15, -0.1) is 0 Å². The van der Waals surface area contributed by atoms with E-state index in [0.717, 1.165) is 13.0 Å². The molecule has 1 heterocycles. The molecule has 0 aliphatic carbocycles. The summed E-state index contributed by atoms with van der Waals surface area (Å²) in [6.07, 6.45) is 0.740. The second-order valence-corrected chi connectivity index (χ2v) is 5.08. The lowest BCUT2D eigenvalue weighted by atomic mass is 10.1. The molecule has 1 fully saturated rings. The van der Waals surface area contributed by atoms with Gasteiger partial charge >= 0.3 is 5.97 Å². The maximum Gasteiger partial charge on any atom is 0.323 e. The van der Waals surface area contributed by atoms with Gasteiger partial charge < -0.3 is 20.0 Å². The third-order valence-corrected chi connectivity index (χ3v) is 3.46. The number of aliphatic carboxylic acids is 1. The van der Waals surface area contributed by atoms with Crippen LogP contribution in [0.25, 0.3) is 0 Å². The highest BCUT2D eigenvalue weighted by atomic mass is 16.4. The van der Waals surface area contributed by atoms with Crippen molar-refractivity contribution in [3.05, 3.63) is 24.3 Å². The van der Waals surface area contributed by atoms with E-state index >= 15 is 0 Å². The zero-order valence-corrected chi connectivity index (χ0v) is 11.3. The number of carboxylic acid groups (broad SMARTS) is 1. The van der Waals surface area contributed by atoms with E-state index < -0.39 is 5.97 Å². The minimum absolute atomic E-state index is 0.0806. The Hall–Kier alpha value is -2.08. The van der Waals surface area contributed by atoms with Gasteiger partial charge in [-0.05, 0) is 44.3 Å². The number of phenolic OH excluding ortho intramolecular Hbond substituents is 1. The van der Waals surface area contributed by atoms with Crippen molar-refractivity contribution in [1.29, 1.82) is 0 Å². The third-order valence-electron chi connectivity index (χ3n) is 3.46. The molecule has 0 bridgehead atoms. The number of phenols is 1. The monoisotopic (exact) mass is 278 g/mol. The van der Waals surface area contributed by atoms with E-state index in [1.807, 2.05) is 7.05 Å². The Morgan fingerprint density at radius 3 is 2.50 bits per heavy atom. The fourth-order valence-electron chi connectivity index (χ4n) is 2.42. The van der Waals surface area contributed by atoms with Gasteiger partial charge in [-0.25, -0.2) is 0 Å². The average molecular weight is 278 g/mol. The van der Waals surface area contributed by atoms with Gasteiger partial charge in [-0.1, -0.05) is 0 Å². The van der Waals surface area contributed by atoms with Crippen LogP contribution >= 0.6 is 0 Å². The van der Waals surface area contributed by atoms with Crippen molar-refractivity contribution in [3.63, 3.8) is 0 Å². The van der Waals surface area contributed by atoms with Crippen LogP contribution in [-0.4, -0.2) is 53.7 Å². The van der Waals surface area contributed by atoms with Crippen molar-refractivity contribution >= 4 is 17.6 Å². The molecule has 1 aromatic rings. The fourth-order valence-corrected chi connectivity index (χ4v) is 2.42. The Bertz CT molecular complexity index is 500. The summed E-state index contributed by atoms with van der Waals surface area (Å²) in [5.41, 5.74) is 0.491. The lowest BCUT2D eigenvalue weighted by molar-refractivity contribution is -0.137. The summed E-state index contributed by atoms with van der Waals surface area (Å²) in [6.45, 7) is 1.11. The van der Waals surface area contributed by atoms with Crippen molar-refractivity contribution in [2.24, 2.45) is 5.92 Å². The number of amides is 1. The lowest BCUT2D eigenvalue weighted by Gasteiger charge is -2.24. The van der Waals surface area contributed by atoms with E-state index in [1.165, 1.54) is 17.0 Å². The van der Waals surface area contributed by atoms with Crippen LogP contribution in [0.2, 0.25) is 0 Å². The van der Waals surface area contributed by atoms with Crippen LogP contribution in [0, 0.1) is 5.92 Å². The predicted molar refractivity (Wildman–Crippen MR) is 73.7 cm³/mol. The smallest absolute Gasteiger partial charge is 0.323 e. The number of rotatable bonds is 4. The topological polar surface area (TPSA) is 81.1 Å². The Morgan fingerprint density at radius 1 is 1.35 bits per heavy atom. The molecule has 1 aliphatic rings. The first-order valence-electron chi connectivity index (χ1n) is 6.48. The van der Waals surface area contributed by atoms with Crippen molar-refractivity contribution in [2.75, 3.05) is 31.6 Å². The van der Waals surface area contributed by atoms with Crippen molar-refractivity contribution in [2.45, 2.75) is 6.42 Å². The lowest BCUT2D eigenvalue weighted by Crippen LogP contribution is -2.40. The quantitative estimate of drug-likeness (QED) is 0.850. The Morgan fingerprint density at radius 2 is 2.00 bits per heavy atom. The molecule has 0 saturated carbocycles. The molecular weight excluding hydrogens is 260 g/mol. The molecule has 1 saturated heterocycles. The molecule has 6 heteroatoms. The highest BCUT2D eigenvalue weighted by molar-refractivity contribution is 5.99. The summed E-state index contributed by atoms with van der Waals surface area (Å²) >= 11 is 0. The number of carbonyl (C=O) groups excluding carboxylic acids is 1. The average Bonchev–Trinajstić information content (AvgIpc) is 2.83. The number of benzene rings is 1. The summed E-state index contributed by atoms with van der Waals surface area (Å²) in [5, 5.41) is 18.3. The van der Waals surface area contributed by atoms with E-state index in [-0.39, 0.29) is 24.1 Å². The minimum Gasteiger partial charge on any atom is -0.508 e. The van der Waals surface area contributed by atoms with E-state index in [4.69, 9.17) is 5.11 Å². The van der Waals surface area contributed by atoms with Crippen molar-refractivity contribution in [3.8, 4) is 5.75 Å². The van der Waals surface area contributed by atoms with Crippen LogP contribution in [0.1, 0.15) is 6.42 Å². The molecule has 0 aromatic heterocycles. The predicted octanol–water partition coefficient (Wildman–Crippen LogP) is 0.761. The van der Waals surface area contributed by atoms with Gasteiger partial charge in [0.05, 0.1) is 5.92 Å². The molecule has 0 spiro atoms. The second-order valence-electron chi connectivity index (χ2n) is 5.08. The molecule has 1 aromatic carbocycles. The molecule has 20 heavy (non-hydrogen) atoms. The van der Waals surface area contributed by atoms with Gasteiger partial charge in [-0.2, -0.15) is 0 Å². The summed E-state index contributed by atoms with van der Waals surface area (Å²) < 4.78 is 0. The highest BCUT2D eigenvalue weighted by Crippen LogP contribution is 2.23. The molecular formula is C14H18N2O4. The van der Waals surface area contributed by atoms with Crippen LogP contribution < -0.4 is 4.90 Å². The first-order chi connectivity index (χ1) is 9.47. The van der Waals surface area contributed by atoms with Crippen LogP contribution in [0.4, 0.5) is 5.69 Å². The van der Waals surface area contributed by atoms with E-state index in [0.29, 0.717) is 12.2 Å². The summed E-state index contributed by atoms with van der Waals surface area (Å²) in [7, 11) is 1.94.